The third-order valence-electron chi connectivity index (χ3n) is 3.67. The first-order valence-electron chi connectivity index (χ1n) is 6.15. The lowest BCUT2D eigenvalue weighted by atomic mass is 10.2. The fraction of sp³-hybridized carbons (Fsp3) is 0.538. The van der Waals surface area contributed by atoms with Crippen molar-refractivity contribution in [3.8, 4) is 5.75 Å². The second-order valence-electron chi connectivity index (χ2n) is 6.12. The number of nitro groups is 1. The topological polar surface area (TPSA) is 72.6 Å². The Kier molecular flexibility index (Phi) is 4.37. The van der Waals surface area contributed by atoms with E-state index in [4.69, 9.17) is 4.43 Å². The van der Waals surface area contributed by atoms with Crippen LogP contribution in [0.1, 0.15) is 26.3 Å². The number of nitrogens with zero attached hydrogens (tertiary/aromatic N) is 1. The van der Waals surface area contributed by atoms with E-state index in [1.54, 1.807) is 6.07 Å². The molecule has 1 N–H and O–H groups in total. The number of phenols is 1. The molecule has 0 heterocycles. The first kappa shape index (κ1) is 15.7. The number of nitro benzene ring substituents is 1. The van der Waals surface area contributed by atoms with E-state index in [1.807, 2.05) is 0 Å². The van der Waals surface area contributed by atoms with Crippen LogP contribution in [0.25, 0.3) is 0 Å². The summed E-state index contributed by atoms with van der Waals surface area (Å²) in [5.74, 6) is -0.0899. The maximum atomic E-state index is 10.6. The number of aromatic hydroxyl groups is 1. The average molecular weight is 283 g/mol. The largest absolute Gasteiger partial charge is 0.507 e. The zero-order valence-corrected chi connectivity index (χ0v) is 13.1. The molecule has 0 aromatic heterocycles. The van der Waals surface area contributed by atoms with Gasteiger partial charge in [0, 0.05) is 11.6 Å². The molecule has 0 aliphatic carbocycles. The van der Waals surface area contributed by atoms with Crippen molar-refractivity contribution in [3.05, 3.63) is 33.9 Å². The summed E-state index contributed by atoms with van der Waals surface area (Å²) >= 11 is 0. The SMILES string of the molecule is CC(C)(C)[Si](C)(C)OCc1ccc([N+](=O)[O-])cc1O. The van der Waals surface area contributed by atoms with E-state index in [0.717, 1.165) is 6.07 Å². The summed E-state index contributed by atoms with van der Waals surface area (Å²) in [4.78, 5) is 10.1. The van der Waals surface area contributed by atoms with Crippen molar-refractivity contribution in [1.82, 2.24) is 0 Å². The second kappa shape index (κ2) is 5.30. The number of benzene rings is 1. The Morgan fingerprint density at radius 2 is 1.95 bits per heavy atom. The minimum absolute atomic E-state index is 0.0867. The molecule has 6 heteroatoms. The molecule has 0 radical (unpaired) electrons. The van der Waals surface area contributed by atoms with E-state index in [0.29, 0.717) is 5.56 Å². The third kappa shape index (κ3) is 3.78. The molecular formula is C13H21NO4Si. The van der Waals surface area contributed by atoms with Crippen LogP contribution < -0.4 is 0 Å². The Bertz CT molecular complexity index is 480. The summed E-state index contributed by atoms with van der Waals surface area (Å²) in [6, 6.07) is 4.08. The van der Waals surface area contributed by atoms with Crippen molar-refractivity contribution in [1.29, 1.82) is 0 Å². The molecule has 106 valence electrons. The number of phenolic OH excluding ortho intramolecular Hbond substituents is 1. The van der Waals surface area contributed by atoms with Gasteiger partial charge in [-0.3, -0.25) is 10.1 Å². The highest BCUT2D eigenvalue weighted by atomic mass is 28.4. The van der Waals surface area contributed by atoms with Crippen LogP contribution in [0.2, 0.25) is 18.1 Å². The number of hydrogen-bond donors (Lipinski definition) is 1. The number of rotatable bonds is 4. The van der Waals surface area contributed by atoms with E-state index in [9.17, 15) is 15.2 Å². The monoisotopic (exact) mass is 283 g/mol. The summed E-state index contributed by atoms with van der Waals surface area (Å²) in [6.07, 6.45) is 0. The van der Waals surface area contributed by atoms with Gasteiger partial charge in [-0.05, 0) is 24.2 Å². The fourth-order valence-electron chi connectivity index (χ4n) is 1.26. The molecule has 1 aromatic carbocycles. The summed E-state index contributed by atoms with van der Waals surface area (Å²) in [5, 5.41) is 20.4. The van der Waals surface area contributed by atoms with Crippen LogP contribution in [0, 0.1) is 10.1 Å². The molecule has 0 saturated carbocycles. The molecule has 0 fully saturated rings. The van der Waals surface area contributed by atoms with Gasteiger partial charge in [-0.25, -0.2) is 0 Å². The van der Waals surface area contributed by atoms with Crippen LogP contribution >= 0.6 is 0 Å². The van der Waals surface area contributed by atoms with Gasteiger partial charge in [0.1, 0.15) is 5.75 Å². The lowest BCUT2D eigenvalue weighted by Crippen LogP contribution is -2.40. The van der Waals surface area contributed by atoms with E-state index in [-0.39, 0.29) is 23.1 Å². The second-order valence-corrected chi connectivity index (χ2v) is 10.9. The molecular weight excluding hydrogens is 262 g/mol. The van der Waals surface area contributed by atoms with Crippen molar-refractivity contribution in [2.24, 2.45) is 0 Å². The van der Waals surface area contributed by atoms with Crippen molar-refractivity contribution in [3.63, 3.8) is 0 Å². The molecule has 5 nitrogen and oxygen atoms in total. The van der Waals surface area contributed by atoms with E-state index in [2.05, 4.69) is 33.9 Å². The highest BCUT2D eigenvalue weighted by Crippen LogP contribution is 2.37. The standard InChI is InChI=1S/C13H21NO4Si/c1-13(2,3)19(4,5)18-9-10-6-7-11(14(16)17)8-12(10)15/h6-8,15H,9H2,1-5H3. The summed E-state index contributed by atoms with van der Waals surface area (Å²) in [6.45, 7) is 10.9. The van der Waals surface area contributed by atoms with Crippen LogP contribution in [-0.4, -0.2) is 18.3 Å². The Labute approximate surface area is 114 Å². The van der Waals surface area contributed by atoms with Gasteiger partial charge in [0.2, 0.25) is 0 Å². The van der Waals surface area contributed by atoms with E-state index >= 15 is 0 Å². The van der Waals surface area contributed by atoms with Gasteiger partial charge in [0.05, 0.1) is 17.6 Å². The molecule has 0 unspecified atom stereocenters. The molecule has 0 aliphatic rings. The lowest BCUT2D eigenvalue weighted by Gasteiger charge is -2.36. The van der Waals surface area contributed by atoms with Gasteiger partial charge in [-0.2, -0.15) is 0 Å². The molecule has 1 rings (SSSR count). The third-order valence-corrected chi connectivity index (χ3v) is 8.15. The molecule has 19 heavy (non-hydrogen) atoms. The van der Waals surface area contributed by atoms with Gasteiger partial charge in [0.15, 0.2) is 8.32 Å². The molecule has 1 aromatic rings. The van der Waals surface area contributed by atoms with Crippen LogP contribution in [0.5, 0.6) is 5.75 Å². The van der Waals surface area contributed by atoms with Gasteiger partial charge >= 0.3 is 0 Å². The molecule has 0 bridgehead atoms. The van der Waals surface area contributed by atoms with Crippen LogP contribution in [0.15, 0.2) is 18.2 Å². The van der Waals surface area contributed by atoms with Crippen LogP contribution in [0.4, 0.5) is 5.69 Å². The van der Waals surface area contributed by atoms with Crippen LogP contribution in [-0.2, 0) is 11.0 Å². The van der Waals surface area contributed by atoms with Gasteiger partial charge in [-0.15, -0.1) is 0 Å². The Balaban J connectivity index is 2.82. The molecule has 0 saturated heterocycles. The summed E-state index contributed by atoms with van der Waals surface area (Å²) in [7, 11) is -1.89. The maximum Gasteiger partial charge on any atom is 0.273 e. The molecule has 0 amide bonds. The minimum atomic E-state index is -1.89. The van der Waals surface area contributed by atoms with Gasteiger partial charge in [0.25, 0.3) is 5.69 Å². The molecule has 0 atom stereocenters. The first-order valence-corrected chi connectivity index (χ1v) is 9.05. The number of non-ortho nitro benzene ring substituents is 1. The highest BCUT2D eigenvalue weighted by molar-refractivity contribution is 6.74. The van der Waals surface area contributed by atoms with Crippen molar-refractivity contribution in [2.75, 3.05) is 0 Å². The predicted molar refractivity (Wildman–Crippen MR) is 76.7 cm³/mol. The smallest absolute Gasteiger partial charge is 0.273 e. The summed E-state index contributed by atoms with van der Waals surface area (Å²) < 4.78 is 5.97. The van der Waals surface area contributed by atoms with E-state index in [1.165, 1.54) is 6.07 Å². The van der Waals surface area contributed by atoms with Crippen molar-refractivity contribution >= 4 is 14.0 Å². The zero-order valence-electron chi connectivity index (χ0n) is 12.1. The summed E-state index contributed by atoms with van der Waals surface area (Å²) in [5.41, 5.74) is 0.462. The van der Waals surface area contributed by atoms with Crippen molar-refractivity contribution < 1.29 is 14.5 Å². The normalized spacial score (nSPS) is 12.5. The van der Waals surface area contributed by atoms with Gasteiger partial charge < -0.3 is 9.53 Å². The average Bonchev–Trinajstić information content (AvgIpc) is 2.25. The van der Waals surface area contributed by atoms with Gasteiger partial charge in [-0.1, -0.05) is 20.8 Å². The fourth-order valence-corrected chi connectivity index (χ4v) is 2.21. The Morgan fingerprint density at radius 3 is 2.37 bits per heavy atom. The van der Waals surface area contributed by atoms with Crippen molar-refractivity contribution in [2.45, 2.75) is 45.5 Å². The Hall–Kier alpha value is -1.40. The highest BCUT2D eigenvalue weighted by Gasteiger charge is 2.37. The quantitative estimate of drug-likeness (QED) is 0.518. The lowest BCUT2D eigenvalue weighted by molar-refractivity contribution is -0.384. The maximum absolute atomic E-state index is 10.6. The van der Waals surface area contributed by atoms with E-state index < -0.39 is 13.2 Å². The zero-order chi connectivity index (χ0) is 14.8. The Morgan fingerprint density at radius 1 is 1.37 bits per heavy atom. The molecule has 0 aliphatic heterocycles. The van der Waals surface area contributed by atoms with Crippen LogP contribution in [0.3, 0.4) is 0 Å². The minimum Gasteiger partial charge on any atom is -0.507 e. The molecule has 0 spiro atoms. The first-order chi connectivity index (χ1) is 8.54. The number of hydrogen-bond acceptors (Lipinski definition) is 4. The predicted octanol–water partition coefficient (Wildman–Crippen LogP) is 3.82.